The van der Waals surface area contributed by atoms with Gasteiger partial charge in [-0.2, -0.15) is 0 Å². The summed E-state index contributed by atoms with van der Waals surface area (Å²) in [6.45, 7) is 0. The van der Waals surface area contributed by atoms with Crippen molar-refractivity contribution in [3.63, 3.8) is 0 Å². The Labute approximate surface area is 138 Å². The molecule has 0 unspecified atom stereocenters. The molecule has 122 valence electrons. The minimum Gasteiger partial charge on any atom is -0.497 e. The Morgan fingerprint density at radius 1 is 0.875 bits per heavy atom. The van der Waals surface area contributed by atoms with Gasteiger partial charge in [-0.3, -0.25) is 20.0 Å². The Bertz CT molecular complexity index is 891. The zero-order valence-corrected chi connectivity index (χ0v) is 13.4. The van der Waals surface area contributed by atoms with Gasteiger partial charge in [0.1, 0.15) is 11.5 Å². The third-order valence-corrected chi connectivity index (χ3v) is 3.61. The second-order valence-corrected chi connectivity index (χ2v) is 5.05. The van der Waals surface area contributed by atoms with Crippen molar-refractivity contribution in [1.29, 1.82) is 0 Å². The van der Waals surface area contributed by atoms with E-state index in [-0.39, 0.29) is 5.56 Å². The maximum atomic E-state index is 12.0. The highest BCUT2D eigenvalue weighted by Crippen LogP contribution is 2.22. The molecule has 0 radical (unpaired) electrons. The largest absolute Gasteiger partial charge is 0.497 e. The van der Waals surface area contributed by atoms with Gasteiger partial charge in [0.05, 0.1) is 31.2 Å². The Morgan fingerprint density at radius 3 is 2.04 bits per heavy atom. The SMILES string of the molecule is COc1ccc(N=Cc2c(-c3ccc(OC)cc3)[nH][nH]c2=O)cc1. The highest BCUT2D eigenvalue weighted by Gasteiger charge is 2.10. The lowest BCUT2D eigenvalue weighted by molar-refractivity contribution is 0.415. The zero-order valence-electron chi connectivity index (χ0n) is 13.4. The summed E-state index contributed by atoms with van der Waals surface area (Å²) in [5.74, 6) is 1.51. The number of ether oxygens (including phenoxy) is 2. The summed E-state index contributed by atoms with van der Waals surface area (Å²) in [5.41, 5.74) is 2.52. The van der Waals surface area contributed by atoms with Gasteiger partial charge in [-0.1, -0.05) is 0 Å². The quantitative estimate of drug-likeness (QED) is 0.708. The van der Waals surface area contributed by atoms with E-state index in [0.29, 0.717) is 11.3 Å². The fourth-order valence-corrected chi connectivity index (χ4v) is 2.28. The van der Waals surface area contributed by atoms with Crippen molar-refractivity contribution in [2.24, 2.45) is 4.99 Å². The van der Waals surface area contributed by atoms with Crippen LogP contribution in [0.1, 0.15) is 5.56 Å². The molecule has 3 aromatic rings. The van der Waals surface area contributed by atoms with Crippen LogP contribution in [0.5, 0.6) is 11.5 Å². The van der Waals surface area contributed by atoms with Gasteiger partial charge in [0, 0.05) is 11.8 Å². The summed E-state index contributed by atoms with van der Waals surface area (Å²) in [4.78, 5) is 16.4. The number of aromatic amines is 2. The molecule has 0 saturated carbocycles. The van der Waals surface area contributed by atoms with Crippen molar-refractivity contribution in [2.75, 3.05) is 14.2 Å². The molecule has 0 fully saturated rings. The average molecular weight is 323 g/mol. The van der Waals surface area contributed by atoms with Crippen LogP contribution < -0.4 is 15.0 Å². The highest BCUT2D eigenvalue weighted by molar-refractivity contribution is 5.89. The van der Waals surface area contributed by atoms with Crippen LogP contribution in [0.3, 0.4) is 0 Å². The van der Waals surface area contributed by atoms with Gasteiger partial charge in [-0.15, -0.1) is 0 Å². The first kappa shape index (κ1) is 15.6. The lowest BCUT2D eigenvalue weighted by Gasteiger charge is -2.02. The fourth-order valence-electron chi connectivity index (χ4n) is 2.28. The van der Waals surface area contributed by atoms with E-state index in [1.807, 2.05) is 48.5 Å². The van der Waals surface area contributed by atoms with Crippen molar-refractivity contribution >= 4 is 11.9 Å². The molecular formula is C18H17N3O3. The molecule has 0 saturated heterocycles. The molecule has 2 N–H and O–H groups in total. The first-order chi connectivity index (χ1) is 11.7. The molecule has 0 aliphatic rings. The summed E-state index contributed by atoms with van der Waals surface area (Å²) >= 11 is 0. The molecule has 0 atom stereocenters. The Balaban J connectivity index is 1.91. The smallest absolute Gasteiger partial charge is 0.273 e. The maximum absolute atomic E-state index is 12.0. The molecule has 3 rings (SSSR count). The highest BCUT2D eigenvalue weighted by atomic mass is 16.5. The lowest BCUT2D eigenvalue weighted by atomic mass is 10.1. The van der Waals surface area contributed by atoms with Crippen LogP contribution in [-0.4, -0.2) is 30.6 Å². The molecule has 24 heavy (non-hydrogen) atoms. The number of nitrogens with one attached hydrogen (secondary N) is 2. The van der Waals surface area contributed by atoms with Crippen LogP contribution in [0.15, 0.2) is 58.3 Å². The van der Waals surface area contributed by atoms with E-state index in [1.54, 1.807) is 20.4 Å². The van der Waals surface area contributed by atoms with Gasteiger partial charge in [-0.05, 0) is 48.5 Å². The normalized spacial score (nSPS) is 10.9. The fraction of sp³-hybridized carbons (Fsp3) is 0.111. The molecule has 0 aliphatic carbocycles. The first-order valence-corrected chi connectivity index (χ1v) is 7.34. The van der Waals surface area contributed by atoms with E-state index in [9.17, 15) is 4.79 Å². The van der Waals surface area contributed by atoms with Crippen LogP contribution >= 0.6 is 0 Å². The third kappa shape index (κ3) is 3.22. The third-order valence-electron chi connectivity index (χ3n) is 3.61. The molecule has 2 aromatic carbocycles. The van der Waals surface area contributed by atoms with Gasteiger partial charge in [0.15, 0.2) is 0 Å². The van der Waals surface area contributed by atoms with Gasteiger partial charge in [-0.25, -0.2) is 0 Å². The lowest BCUT2D eigenvalue weighted by Crippen LogP contribution is -2.05. The molecule has 0 aliphatic heterocycles. The number of rotatable bonds is 5. The van der Waals surface area contributed by atoms with E-state index in [4.69, 9.17) is 9.47 Å². The molecule has 6 nitrogen and oxygen atoms in total. The van der Waals surface area contributed by atoms with Crippen LogP contribution in [0.4, 0.5) is 5.69 Å². The molecule has 0 bridgehead atoms. The summed E-state index contributed by atoms with van der Waals surface area (Å²) in [7, 11) is 3.22. The van der Waals surface area contributed by atoms with Crippen LogP contribution in [0.25, 0.3) is 11.3 Å². The number of H-pyrrole nitrogens is 2. The second kappa shape index (κ2) is 6.87. The van der Waals surface area contributed by atoms with Gasteiger partial charge >= 0.3 is 0 Å². The second-order valence-electron chi connectivity index (χ2n) is 5.05. The minimum atomic E-state index is -0.224. The number of hydrogen-bond acceptors (Lipinski definition) is 4. The number of hydrogen-bond donors (Lipinski definition) is 2. The van der Waals surface area contributed by atoms with Gasteiger partial charge < -0.3 is 9.47 Å². The van der Waals surface area contributed by atoms with Crippen molar-refractivity contribution in [1.82, 2.24) is 10.2 Å². The van der Waals surface area contributed by atoms with Crippen LogP contribution in [0.2, 0.25) is 0 Å². The van der Waals surface area contributed by atoms with Gasteiger partial charge in [0.2, 0.25) is 0 Å². The van der Waals surface area contributed by atoms with E-state index >= 15 is 0 Å². The topological polar surface area (TPSA) is 79.5 Å². The number of methoxy groups -OCH3 is 2. The van der Waals surface area contributed by atoms with Gasteiger partial charge in [0.25, 0.3) is 5.56 Å². The number of benzene rings is 2. The van der Waals surface area contributed by atoms with E-state index in [2.05, 4.69) is 15.2 Å². The zero-order chi connectivity index (χ0) is 16.9. The number of aliphatic imine (C=N–C) groups is 1. The molecular weight excluding hydrogens is 306 g/mol. The number of aromatic nitrogens is 2. The molecule has 1 heterocycles. The summed E-state index contributed by atoms with van der Waals surface area (Å²) in [6, 6.07) is 14.7. The summed E-state index contributed by atoms with van der Waals surface area (Å²) in [5, 5.41) is 5.49. The Kier molecular flexibility index (Phi) is 4.47. The predicted octanol–water partition coefficient (Wildman–Crippen LogP) is 3.14. The minimum absolute atomic E-state index is 0.224. The molecule has 1 aromatic heterocycles. The standard InChI is InChI=1S/C18H17N3O3/c1-23-14-7-3-12(4-8-14)17-16(18(22)21-20-17)11-19-13-5-9-15(24-2)10-6-13/h3-11H,1-2H3,(H2,20,21,22). The van der Waals surface area contributed by atoms with Crippen molar-refractivity contribution in [3.8, 4) is 22.8 Å². The van der Waals surface area contributed by atoms with E-state index < -0.39 is 0 Å². The summed E-state index contributed by atoms with van der Waals surface area (Å²) in [6.07, 6.45) is 1.55. The van der Waals surface area contributed by atoms with Crippen LogP contribution in [0, 0.1) is 0 Å². The maximum Gasteiger partial charge on any atom is 0.273 e. The predicted molar refractivity (Wildman–Crippen MR) is 93.6 cm³/mol. The van der Waals surface area contributed by atoms with Crippen molar-refractivity contribution in [3.05, 3.63) is 64.4 Å². The van der Waals surface area contributed by atoms with E-state index in [1.165, 1.54) is 0 Å². The van der Waals surface area contributed by atoms with Crippen molar-refractivity contribution < 1.29 is 9.47 Å². The van der Waals surface area contributed by atoms with Crippen molar-refractivity contribution in [2.45, 2.75) is 0 Å². The first-order valence-electron chi connectivity index (χ1n) is 7.34. The average Bonchev–Trinajstić information content (AvgIpc) is 3.01. The summed E-state index contributed by atoms with van der Waals surface area (Å²) < 4.78 is 10.3. The Morgan fingerprint density at radius 2 is 1.46 bits per heavy atom. The Hall–Kier alpha value is -3.28. The van der Waals surface area contributed by atoms with Crippen LogP contribution in [-0.2, 0) is 0 Å². The monoisotopic (exact) mass is 323 g/mol. The molecule has 0 spiro atoms. The van der Waals surface area contributed by atoms with E-state index in [0.717, 1.165) is 22.7 Å². The molecule has 6 heteroatoms. The number of nitrogens with zero attached hydrogens (tertiary/aromatic N) is 1. The molecule has 0 amide bonds.